The Kier molecular flexibility index (Phi) is 3.56. The number of hydrogen-bond acceptors (Lipinski definition) is 2. The summed E-state index contributed by atoms with van der Waals surface area (Å²) in [7, 11) is 0. The Morgan fingerprint density at radius 1 is 1.00 bits per heavy atom. The molecule has 2 aromatic rings. The third-order valence-electron chi connectivity index (χ3n) is 2.51. The summed E-state index contributed by atoms with van der Waals surface area (Å²) in [6.45, 7) is 0. The SMILES string of the molecule is NC(=O)c1ccc(NC(=O)c2cccc(F)c2)cc1. The second-order valence-electron chi connectivity index (χ2n) is 3.91. The largest absolute Gasteiger partial charge is 0.366 e. The minimum absolute atomic E-state index is 0.221. The average Bonchev–Trinajstić information content (AvgIpc) is 2.39. The van der Waals surface area contributed by atoms with Gasteiger partial charge in [-0.15, -0.1) is 0 Å². The first-order valence-electron chi connectivity index (χ1n) is 5.53. The first-order chi connectivity index (χ1) is 9.06. The Labute approximate surface area is 109 Å². The fourth-order valence-electron chi connectivity index (χ4n) is 1.55. The summed E-state index contributed by atoms with van der Waals surface area (Å²) in [5, 5.41) is 2.59. The fourth-order valence-corrected chi connectivity index (χ4v) is 1.55. The minimum Gasteiger partial charge on any atom is -0.366 e. The van der Waals surface area contributed by atoms with E-state index in [1.54, 1.807) is 12.1 Å². The maximum absolute atomic E-state index is 13.0. The van der Waals surface area contributed by atoms with Crippen molar-refractivity contribution in [1.29, 1.82) is 0 Å². The van der Waals surface area contributed by atoms with Gasteiger partial charge in [-0.2, -0.15) is 0 Å². The van der Waals surface area contributed by atoms with Gasteiger partial charge in [-0.1, -0.05) is 6.07 Å². The molecule has 96 valence electrons. The molecule has 0 saturated heterocycles. The highest BCUT2D eigenvalue weighted by Gasteiger charge is 2.07. The molecule has 5 heteroatoms. The summed E-state index contributed by atoms with van der Waals surface area (Å²) < 4.78 is 13.0. The van der Waals surface area contributed by atoms with Crippen LogP contribution >= 0.6 is 0 Å². The van der Waals surface area contributed by atoms with Crippen LogP contribution in [0.3, 0.4) is 0 Å². The Morgan fingerprint density at radius 3 is 2.26 bits per heavy atom. The van der Waals surface area contributed by atoms with Crippen LogP contribution in [0, 0.1) is 5.82 Å². The van der Waals surface area contributed by atoms with Crippen molar-refractivity contribution in [2.24, 2.45) is 5.73 Å². The molecule has 0 spiro atoms. The van der Waals surface area contributed by atoms with Crippen LogP contribution in [0.4, 0.5) is 10.1 Å². The first-order valence-corrected chi connectivity index (χ1v) is 5.53. The van der Waals surface area contributed by atoms with Gasteiger partial charge in [0.15, 0.2) is 0 Å². The molecule has 0 aromatic heterocycles. The van der Waals surface area contributed by atoms with Crippen molar-refractivity contribution >= 4 is 17.5 Å². The maximum Gasteiger partial charge on any atom is 0.255 e. The number of rotatable bonds is 3. The van der Waals surface area contributed by atoms with Crippen molar-refractivity contribution in [1.82, 2.24) is 0 Å². The standard InChI is InChI=1S/C14H11FN2O2/c15-11-3-1-2-10(8-11)14(19)17-12-6-4-9(5-7-12)13(16)18/h1-8H,(H2,16,18)(H,17,19). The predicted molar refractivity (Wildman–Crippen MR) is 69.3 cm³/mol. The number of primary amides is 1. The molecule has 3 N–H and O–H groups in total. The summed E-state index contributed by atoms with van der Waals surface area (Å²) >= 11 is 0. The van der Waals surface area contributed by atoms with E-state index in [1.807, 2.05) is 0 Å². The second-order valence-corrected chi connectivity index (χ2v) is 3.91. The lowest BCUT2D eigenvalue weighted by Gasteiger charge is -2.05. The number of nitrogens with two attached hydrogens (primary N) is 1. The molecule has 19 heavy (non-hydrogen) atoms. The van der Waals surface area contributed by atoms with E-state index in [0.29, 0.717) is 11.3 Å². The predicted octanol–water partition coefficient (Wildman–Crippen LogP) is 2.18. The zero-order valence-corrected chi connectivity index (χ0v) is 9.89. The highest BCUT2D eigenvalue weighted by molar-refractivity contribution is 6.04. The molecule has 0 saturated carbocycles. The van der Waals surface area contributed by atoms with E-state index in [9.17, 15) is 14.0 Å². The smallest absolute Gasteiger partial charge is 0.255 e. The van der Waals surface area contributed by atoms with E-state index >= 15 is 0 Å². The van der Waals surface area contributed by atoms with Crippen molar-refractivity contribution in [2.75, 3.05) is 5.32 Å². The van der Waals surface area contributed by atoms with E-state index in [0.717, 1.165) is 6.07 Å². The summed E-state index contributed by atoms with van der Waals surface area (Å²) in [4.78, 5) is 22.7. The molecule has 2 amide bonds. The first kappa shape index (κ1) is 12.8. The van der Waals surface area contributed by atoms with Crippen LogP contribution in [0.1, 0.15) is 20.7 Å². The monoisotopic (exact) mass is 258 g/mol. The van der Waals surface area contributed by atoms with E-state index in [2.05, 4.69) is 5.32 Å². The molecule has 0 bridgehead atoms. The molecule has 2 aromatic carbocycles. The van der Waals surface area contributed by atoms with Gasteiger partial charge in [0, 0.05) is 16.8 Å². The quantitative estimate of drug-likeness (QED) is 0.885. The van der Waals surface area contributed by atoms with Gasteiger partial charge in [-0.05, 0) is 42.5 Å². The molecule has 2 rings (SSSR count). The zero-order chi connectivity index (χ0) is 13.8. The normalized spacial score (nSPS) is 9.95. The summed E-state index contributed by atoms with van der Waals surface area (Å²) in [6, 6.07) is 11.5. The van der Waals surface area contributed by atoms with Crippen molar-refractivity contribution in [3.8, 4) is 0 Å². The summed E-state index contributed by atoms with van der Waals surface area (Å²) in [5.41, 5.74) is 6.18. The van der Waals surface area contributed by atoms with E-state index in [-0.39, 0.29) is 5.56 Å². The Bertz CT molecular complexity index is 624. The van der Waals surface area contributed by atoms with Crippen LogP contribution in [-0.4, -0.2) is 11.8 Å². The number of carbonyl (C=O) groups is 2. The van der Waals surface area contributed by atoms with Crippen molar-refractivity contribution in [3.63, 3.8) is 0 Å². The molecule has 4 nitrogen and oxygen atoms in total. The lowest BCUT2D eigenvalue weighted by atomic mass is 10.1. The third-order valence-corrected chi connectivity index (χ3v) is 2.51. The van der Waals surface area contributed by atoms with E-state index < -0.39 is 17.6 Å². The topological polar surface area (TPSA) is 72.2 Å². The Morgan fingerprint density at radius 2 is 1.68 bits per heavy atom. The van der Waals surface area contributed by atoms with Crippen LogP contribution in [0.5, 0.6) is 0 Å². The van der Waals surface area contributed by atoms with Crippen molar-refractivity contribution < 1.29 is 14.0 Å². The van der Waals surface area contributed by atoms with Gasteiger partial charge in [0.05, 0.1) is 0 Å². The molecule has 0 aliphatic carbocycles. The molecular formula is C14H11FN2O2. The van der Waals surface area contributed by atoms with Gasteiger partial charge in [-0.3, -0.25) is 9.59 Å². The maximum atomic E-state index is 13.0. The van der Waals surface area contributed by atoms with E-state index in [4.69, 9.17) is 5.73 Å². The Balaban J connectivity index is 2.13. The second kappa shape index (κ2) is 5.30. The molecule has 0 radical (unpaired) electrons. The van der Waals surface area contributed by atoms with Gasteiger partial charge < -0.3 is 11.1 Å². The van der Waals surface area contributed by atoms with Crippen LogP contribution in [-0.2, 0) is 0 Å². The average molecular weight is 258 g/mol. The summed E-state index contributed by atoms with van der Waals surface area (Å²) in [5.74, 6) is -1.44. The Hall–Kier alpha value is -2.69. The number of anilines is 1. The number of benzene rings is 2. The molecule has 0 unspecified atom stereocenters. The summed E-state index contributed by atoms with van der Waals surface area (Å²) in [6.07, 6.45) is 0. The zero-order valence-electron chi connectivity index (χ0n) is 9.89. The number of hydrogen-bond donors (Lipinski definition) is 2. The molecule has 0 fully saturated rings. The van der Waals surface area contributed by atoms with Crippen molar-refractivity contribution in [2.45, 2.75) is 0 Å². The molecule has 0 aliphatic heterocycles. The minimum atomic E-state index is -0.539. The number of carbonyl (C=O) groups excluding carboxylic acids is 2. The van der Waals surface area contributed by atoms with Crippen LogP contribution in [0.2, 0.25) is 0 Å². The van der Waals surface area contributed by atoms with Crippen molar-refractivity contribution in [3.05, 3.63) is 65.5 Å². The number of nitrogens with one attached hydrogen (secondary N) is 1. The molecule has 0 aliphatic rings. The van der Waals surface area contributed by atoms with Crippen LogP contribution in [0.25, 0.3) is 0 Å². The van der Waals surface area contributed by atoms with Crippen LogP contribution < -0.4 is 11.1 Å². The fraction of sp³-hybridized carbons (Fsp3) is 0. The third kappa shape index (κ3) is 3.16. The lowest BCUT2D eigenvalue weighted by Crippen LogP contribution is -2.13. The highest BCUT2D eigenvalue weighted by atomic mass is 19.1. The van der Waals surface area contributed by atoms with Gasteiger partial charge in [-0.25, -0.2) is 4.39 Å². The number of halogens is 1. The van der Waals surface area contributed by atoms with Gasteiger partial charge in [0.25, 0.3) is 5.91 Å². The van der Waals surface area contributed by atoms with E-state index in [1.165, 1.54) is 30.3 Å². The molecular weight excluding hydrogens is 247 g/mol. The van der Waals surface area contributed by atoms with Gasteiger partial charge in [0.1, 0.15) is 5.82 Å². The van der Waals surface area contributed by atoms with Crippen LogP contribution in [0.15, 0.2) is 48.5 Å². The van der Waals surface area contributed by atoms with Gasteiger partial charge >= 0.3 is 0 Å². The molecule has 0 heterocycles. The molecule has 0 atom stereocenters. The lowest BCUT2D eigenvalue weighted by molar-refractivity contribution is 0.0998. The highest BCUT2D eigenvalue weighted by Crippen LogP contribution is 2.11. The van der Waals surface area contributed by atoms with Gasteiger partial charge in [0.2, 0.25) is 5.91 Å². The number of amides is 2.